The van der Waals surface area contributed by atoms with E-state index in [-0.39, 0.29) is 11.8 Å². The van der Waals surface area contributed by atoms with Gasteiger partial charge < -0.3 is 9.84 Å². The highest BCUT2D eigenvalue weighted by molar-refractivity contribution is 7.99. The lowest BCUT2D eigenvalue weighted by atomic mass is 9.97. The Morgan fingerprint density at radius 3 is 2.84 bits per heavy atom. The van der Waals surface area contributed by atoms with Gasteiger partial charge in [0.2, 0.25) is 17.6 Å². The Morgan fingerprint density at radius 2 is 2.00 bits per heavy atom. The lowest BCUT2D eigenvalue weighted by Crippen LogP contribution is -2.43. The van der Waals surface area contributed by atoms with E-state index >= 15 is 0 Å². The zero-order valence-corrected chi connectivity index (χ0v) is 18.6. The van der Waals surface area contributed by atoms with E-state index in [0.29, 0.717) is 24.8 Å². The predicted octanol–water partition coefficient (Wildman–Crippen LogP) is 4.17. The summed E-state index contributed by atoms with van der Waals surface area (Å²) in [6.45, 7) is 4.96. The van der Waals surface area contributed by atoms with Crippen LogP contribution in [0.5, 0.6) is 0 Å². The Labute approximate surface area is 187 Å². The number of carbonyl (C=O) groups is 1. The molecule has 6 nitrogen and oxygen atoms in total. The van der Waals surface area contributed by atoms with Crippen LogP contribution in [0.2, 0.25) is 0 Å². The molecule has 1 N–H and O–H groups in total. The van der Waals surface area contributed by atoms with Crippen LogP contribution in [0, 0.1) is 12.8 Å². The maximum absolute atomic E-state index is 12.6. The quantitative estimate of drug-likeness (QED) is 0.422. The first kappa shape index (κ1) is 21.6. The predicted molar refractivity (Wildman–Crippen MR) is 123 cm³/mol. The van der Waals surface area contributed by atoms with E-state index in [4.69, 9.17) is 4.52 Å². The molecule has 1 aliphatic heterocycles. The van der Waals surface area contributed by atoms with Crippen LogP contribution in [0.1, 0.15) is 24.3 Å². The summed E-state index contributed by atoms with van der Waals surface area (Å²) in [5, 5.41) is 7.25. The number of nitrogens with one attached hydrogen (secondary N) is 1. The van der Waals surface area contributed by atoms with Gasteiger partial charge in [-0.1, -0.05) is 47.6 Å². The van der Waals surface area contributed by atoms with Crippen molar-refractivity contribution in [1.82, 2.24) is 20.4 Å². The fourth-order valence-corrected chi connectivity index (χ4v) is 4.65. The third-order valence-corrected chi connectivity index (χ3v) is 6.52. The van der Waals surface area contributed by atoms with E-state index in [1.165, 1.54) is 4.90 Å². The molecule has 1 aromatic heterocycles. The first-order valence-electron chi connectivity index (χ1n) is 10.8. The van der Waals surface area contributed by atoms with Crippen LogP contribution < -0.4 is 5.32 Å². The monoisotopic (exact) mass is 436 g/mol. The van der Waals surface area contributed by atoms with Gasteiger partial charge in [0, 0.05) is 29.3 Å². The molecule has 1 saturated heterocycles. The largest absolute Gasteiger partial charge is 0.355 e. The molecule has 0 bridgehead atoms. The van der Waals surface area contributed by atoms with E-state index in [9.17, 15) is 4.79 Å². The first-order valence-corrected chi connectivity index (χ1v) is 11.7. The minimum absolute atomic E-state index is 0.00855. The van der Waals surface area contributed by atoms with Gasteiger partial charge in [-0.2, -0.15) is 4.98 Å². The second kappa shape index (κ2) is 10.6. The Bertz CT molecular complexity index is 992. The number of hydrogen-bond donors (Lipinski definition) is 1. The van der Waals surface area contributed by atoms with Gasteiger partial charge >= 0.3 is 0 Å². The summed E-state index contributed by atoms with van der Waals surface area (Å²) in [7, 11) is 0. The topological polar surface area (TPSA) is 71.3 Å². The van der Waals surface area contributed by atoms with E-state index in [0.717, 1.165) is 42.8 Å². The zero-order valence-electron chi connectivity index (χ0n) is 17.8. The molecule has 1 unspecified atom stereocenters. The minimum atomic E-state index is 0.00855. The average Bonchev–Trinajstić information content (AvgIpc) is 3.26. The maximum atomic E-state index is 12.6. The van der Waals surface area contributed by atoms with Crippen molar-refractivity contribution in [2.45, 2.75) is 31.2 Å². The molecule has 3 aromatic rings. The standard InChI is InChI=1S/C24H28N4O2S/c1-18-8-5-6-12-21(18)23-26-22(30-27-23)17-28-14-7-9-19(16-28)24(29)25-13-15-31-20-10-3-2-4-11-20/h2-6,8,10-12,19H,7,9,13-17H2,1H3,(H,25,29). The summed E-state index contributed by atoms with van der Waals surface area (Å²) in [5.41, 5.74) is 2.11. The third-order valence-electron chi connectivity index (χ3n) is 5.50. The van der Waals surface area contributed by atoms with Gasteiger partial charge in [0.1, 0.15) is 0 Å². The highest BCUT2D eigenvalue weighted by atomic mass is 32.2. The molecular formula is C24H28N4O2S. The highest BCUT2D eigenvalue weighted by Gasteiger charge is 2.26. The van der Waals surface area contributed by atoms with Crippen molar-refractivity contribution < 1.29 is 9.32 Å². The fourth-order valence-electron chi connectivity index (χ4n) is 3.86. The van der Waals surface area contributed by atoms with Gasteiger partial charge in [-0.15, -0.1) is 11.8 Å². The highest BCUT2D eigenvalue weighted by Crippen LogP contribution is 2.22. The Morgan fingerprint density at radius 1 is 1.19 bits per heavy atom. The van der Waals surface area contributed by atoms with Crippen molar-refractivity contribution in [2.75, 3.05) is 25.4 Å². The molecule has 0 aliphatic carbocycles. The van der Waals surface area contributed by atoms with E-state index in [1.54, 1.807) is 11.8 Å². The van der Waals surface area contributed by atoms with Gasteiger partial charge in [0.25, 0.3) is 0 Å². The van der Waals surface area contributed by atoms with Crippen molar-refractivity contribution in [3.8, 4) is 11.4 Å². The molecule has 1 aliphatic rings. The second-order valence-electron chi connectivity index (χ2n) is 7.85. The number of thioether (sulfide) groups is 1. The van der Waals surface area contributed by atoms with Gasteiger partial charge in [-0.05, 0) is 44.0 Å². The molecule has 0 spiro atoms. The van der Waals surface area contributed by atoms with Gasteiger partial charge in [-0.3, -0.25) is 9.69 Å². The first-order chi connectivity index (χ1) is 15.2. The van der Waals surface area contributed by atoms with E-state index in [1.807, 2.05) is 49.4 Å². The number of benzene rings is 2. The van der Waals surface area contributed by atoms with Crippen LogP contribution in [0.25, 0.3) is 11.4 Å². The Kier molecular flexibility index (Phi) is 7.38. The summed E-state index contributed by atoms with van der Waals surface area (Å²) in [5.74, 6) is 2.24. The molecule has 7 heteroatoms. The number of hydrogen-bond acceptors (Lipinski definition) is 6. The molecular weight excluding hydrogens is 408 g/mol. The molecule has 0 radical (unpaired) electrons. The van der Waals surface area contributed by atoms with Crippen molar-refractivity contribution in [3.05, 3.63) is 66.1 Å². The van der Waals surface area contributed by atoms with Crippen LogP contribution in [0.4, 0.5) is 0 Å². The number of amides is 1. The molecule has 31 heavy (non-hydrogen) atoms. The minimum Gasteiger partial charge on any atom is -0.355 e. The van der Waals surface area contributed by atoms with Crippen LogP contribution in [-0.4, -0.2) is 46.3 Å². The number of aryl methyl sites for hydroxylation is 1. The summed E-state index contributed by atoms with van der Waals surface area (Å²) >= 11 is 1.76. The van der Waals surface area contributed by atoms with Crippen molar-refractivity contribution in [1.29, 1.82) is 0 Å². The Balaban J connectivity index is 1.25. The summed E-state index contributed by atoms with van der Waals surface area (Å²) < 4.78 is 5.49. The lowest BCUT2D eigenvalue weighted by molar-refractivity contribution is -0.126. The van der Waals surface area contributed by atoms with Gasteiger partial charge in [0.15, 0.2) is 0 Å². The molecule has 2 heterocycles. The molecule has 1 fully saturated rings. The van der Waals surface area contributed by atoms with E-state index in [2.05, 4.69) is 32.5 Å². The van der Waals surface area contributed by atoms with Crippen molar-refractivity contribution in [2.24, 2.45) is 5.92 Å². The van der Waals surface area contributed by atoms with Crippen LogP contribution >= 0.6 is 11.8 Å². The SMILES string of the molecule is Cc1ccccc1-c1noc(CN2CCCC(C(=O)NCCSc3ccccc3)C2)n1. The molecule has 1 amide bonds. The van der Waals surface area contributed by atoms with Crippen LogP contribution in [-0.2, 0) is 11.3 Å². The van der Waals surface area contributed by atoms with Gasteiger partial charge in [0.05, 0.1) is 12.5 Å². The van der Waals surface area contributed by atoms with E-state index < -0.39 is 0 Å². The van der Waals surface area contributed by atoms with Crippen LogP contribution in [0.15, 0.2) is 64.0 Å². The lowest BCUT2D eigenvalue weighted by Gasteiger charge is -2.30. The summed E-state index contributed by atoms with van der Waals surface area (Å²) in [4.78, 5) is 20.7. The summed E-state index contributed by atoms with van der Waals surface area (Å²) in [6.07, 6.45) is 1.92. The average molecular weight is 437 g/mol. The molecule has 0 saturated carbocycles. The third kappa shape index (κ3) is 5.95. The van der Waals surface area contributed by atoms with Crippen molar-refractivity contribution in [3.63, 3.8) is 0 Å². The van der Waals surface area contributed by atoms with Crippen LogP contribution in [0.3, 0.4) is 0 Å². The number of likely N-dealkylation sites (tertiary alicyclic amines) is 1. The normalized spacial score (nSPS) is 16.9. The Hall–Kier alpha value is -2.64. The smallest absolute Gasteiger partial charge is 0.241 e. The molecule has 1 atom stereocenters. The molecule has 2 aromatic carbocycles. The van der Waals surface area contributed by atoms with Gasteiger partial charge in [-0.25, -0.2) is 0 Å². The second-order valence-corrected chi connectivity index (χ2v) is 9.02. The number of rotatable bonds is 8. The molecule has 162 valence electrons. The van der Waals surface area contributed by atoms with Crippen molar-refractivity contribution >= 4 is 17.7 Å². The zero-order chi connectivity index (χ0) is 21.5. The molecule has 4 rings (SSSR count). The maximum Gasteiger partial charge on any atom is 0.241 e. The number of nitrogens with zero attached hydrogens (tertiary/aromatic N) is 3. The number of aromatic nitrogens is 2. The number of piperidine rings is 1. The summed E-state index contributed by atoms with van der Waals surface area (Å²) in [6, 6.07) is 18.3. The fraction of sp³-hybridized carbons (Fsp3) is 0.375. The number of carbonyl (C=O) groups excluding carboxylic acids is 1.